The Labute approximate surface area is 192 Å². The maximum atomic E-state index is 13.4. The van der Waals surface area contributed by atoms with Crippen LogP contribution in [0.2, 0.25) is 5.02 Å². The first-order valence-electron chi connectivity index (χ1n) is 11.0. The first-order valence-corrected chi connectivity index (χ1v) is 11.3. The van der Waals surface area contributed by atoms with Crippen LogP contribution in [0, 0.1) is 5.92 Å². The molecule has 5 heteroatoms. The number of benzene rings is 3. The molecule has 0 amide bonds. The van der Waals surface area contributed by atoms with Crippen LogP contribution < -0.4 is 4.74 Å². The van der Waals surface area contributed by atoms with Crippen molar-refractivity contribution in [2.45, 2.75) is 32.2 Å². The molecule has 1 heterocycles. The smallest absolute Gasteiger partial charge is 0.195 e. The molecule has 1 aliphatic carbocycles. The number of nitrogens with zero attached hydrogens (tertiary/aromatic N) is 1. The summed E-state index contributed by atoms with van der Waals surface area (Å²) in [6.07, 6.45) is 7.01. The van der Waals surface area contributed by atoms with Crippen molar-refractivity contribution in [3.63, 3.8) is 0 Å². The fourth-order valence-corrected chi connectivity index (χ4v) is 4.68. The molecule has 1 aliphatic rings. The second kappa shape index (κ2) is 8.71. The second-order valence-electron chi connectivity index (χ2n) is 8.46. The number of halogens is 1. The van der Waals surface area contributed by atoms with Gasteiger partial charge in [-0.3, -0.25) is 4.79 Å². The molecule has 0 aliphatic heterocycles. The van der Waals surface area contributed by atoms with E-state index < -0.39 is 0 Å². The van der Waals surface area contributed by atoms with Crippen LogP contribution in [-0.2, 0) is 6.54 Å². The van der Waals surface area contributed by atoms with Crippen molar-refractivity contribution in [2.24, 2.45) is 5.92 Å². The van der Waals surface area contributed by atoms with Gasteiger partial charge < -0.3 is 14.4 Å². The summed E-state index contributed by atoms with van der Waals surface area (Å²) in [5, 5.41) is 11.1. The molecule has 0 saturated heterocycles. The highest BCUT2D eigenvalue weighted by atomic mass is 35.5. The zero-order chi connectivity index (χ0) is 22.1. The number of phenols is 1. The molecule has 3 aromatic carbocycles. The fraction of sp³-hybridized carbons (Fsp3) is 0.222. The Balaban J connectivity index is 1.55. The van der Waals surface area contributed by atoms with Gasteiger partial charge in [0, 0.05) is 39.8 Å². The minimum absolute atomic E-state index is 0.0659. The van der Waals surface area contributed by atoms with E-state index in [4.69, 9.17) is 16.3 Å². The summed E-state index contributed by atoms with van der Waals surface area (Å²) < 4.78 is 8.24. The Morgan fingerprint density at radius 1 is 0.969 bits per heavy atom. The second-order valence-corrected chi connectivity index (χ2v) is 8.89. The van der Waals surface area contributed by atoms with E-state index in [0.29, 0.717) is 33.6 Å². The minimum atomic E-state index is -0.0659. The molecule has 32 heavy (non-hydrogen) atoms. The van der Waals surface area contributed by atoms with E-state index in [1.165, 1.54) is 25.7 Å². The number of carbonyl (C=O) groups excluding carboxylic acids is 1. The number of phenolic OH excluding ortho intramolecular Hbond substituents is 1. The molecule has 1 aromatic heterocycles. The van der Waals surface area contributed by atoms with Crippen molar-refractivity contribution in [2.75, 3.05) is 0 Å². The normalized spacial score (nSPS) is 14.2. The predicted octanol–water partition coefficient (Wildman–Crippen LogP) is 7.21. The monoisotopic (exact) mass is 445 g/mol. The molecule has 1 fully saturated rings. The summed E-state index contributed by atoms with van der Waals surface area (Å²) in [6, 6.07) is 19.5. The molecule has 1 saturated carbocycles. The van der Waals surface area contributed by atoms with E-state index in [1.807, 2.05) is 36.5 Å². The average Bonchev–Trinajstić information content (AvgIpc) is 3.44. The van der Waals surface area contributed by atoms with E-state index in [2.05, 4.69) is 4.57 Å². The number of aromatic hydroxyl groups is 1. The zero-order valence-corrected chi connectivity index (χ0v) is 18.4. The standard InChI is InChI=1S/C27H24ClNO3/c28-20-7-11-22(12-8-20)32-23-13-14-26-24(15-23)25(17-29(26)16-18-3-1-2-4-18)27(31)19-5-9-21(30)10-6-19/h5-15,17-18,30H,1-4,16H2. The van der Waals surface area contributed by atoms with E-state index in [1.54, 1.807) is 36.4 Å². The number of carbonyl (C=O) groups is 1. The number of ketones is 1. The maximum absolute atomic E-state index is 13.4. The molecular formula is C27H24ClNO3. The Bertz CT molecular complexity index is 1250. The molecule has 0 radical (unpaired) electrons. The van der Waals surface area contributed by atoms with Crippen LogP contribution in [0.5, 0.6) is 17.2 Å². The summed E-state index contributed by atoms with van der Waals surface area (Å²) in [7, 11) is 0. The lowest BCUT2D eigenvalue weighted by Crippen LogP contribution is -2.06. The van der Waals surface area contributed by atoms with Crippen LogP contribution in [0.4, 0.5) is 0 Å². The molecule has 1 N–H and O–H groups in total. The van der Waals surface area contributed by atoms with Crippen molar-refractivity contribution >= 4 is 28.3 Å². The lowest BCUT2D eigenvalue weighted by atomic mass is 10.0. The molecule has 0 atom stereocenters. The van der Waals surface area contributed by atoms with Crippen molar-refractivity contribution in [1.82, 2.24) is 4.57 Å². The highest BCUT2D eigenvalue weighted by Crippen LogP contribution is 2.33. The van der Waals surface area contributed by atoms with Gasteiger partial charge in [-0.15, -0.1) is 0 Å². The highest BCUT2D eigenvalue weighted by molar-refractivity contribution is 6.30. The van der Waals surface area contributed by atoms with E-state index >= 15 is 0 Å². The number of fused-ring (bicyclic) bond motifs is 1. The highest BCUT2D eigenvalue weighted by Gasteiger charge is 2.21. The third-order valence-electron chi connectivity index (χ3n) is 6.21. The van der Waals surface area contributed by atoms with Gasteiger partial charge in [0.1, 0.15) is 17.2 Å². The minimum Gasteiger partial charge on any atom is -0.508 e. The first-order chi connectivity index (χ1) is 15.6. The molecule has 4 nitrogen and oxygen atoms in total. The van der Waals surface area contributed by atoms with E-state index in [9.17, 15) is 9.90 Å². The molecular weight excluding hydrogens is 422 g/mol. The number of ether oxygens (including phenoxy) is 1. The van der Waals surface area contributed by atoms with E-state index in [-0.39, 0.29) is 11.5 Å². The van der Waals surface area contributed by atoms with Crippen LogP contribution in [0.15, 0.2) is 72.9 Å². The number of rotatable bonds is 6. The van der Waals surface area contributed by atoms with Gasteiger partial charge >= 0.3 is 0 Å². The van der Waals surface area contributed by atoms with Gasteiger partial charge in [-0.25, -0.2) is 0 Å². The van der Waals surface area contributed by atoms with Crippen molar-refractivity contribution < 1.29 is 14.6 Å². The van der Waals surface area contributed by atoms with Crippen LogP contribution in [-0.4, -0.2) is 15.5 Å². The molecule has 162 valence electrons. The Morgan fingerprint density at radius 3 is 2.38 bits per heavy atom. The van der Waals surface area contributed by atoms with Gasteiger partial charge in [0.15, 0.2) is 5.78 Å². The van der Waals surface area contributed by atoms with Gasteiger partial charge in [-0.2, -0.15) is 0 Å². The van der Waals surface area contributed by atoms with Crippen LogP contribution in [0.25, 0.3) is 10.9 Å². The van der Waals surface area contributed by atoms with Gasteiger partial charge in [0.25, 0.3) is 0 Å². The third-order valence-corrected chi connectivity index (χ3v) is 6.46. The lowest BCUT2D eigenvalue weighted by molar-refractivity contribution is 0.104. The van der Waals surface area contributed by atoms with Gasteiger partial charge in [0.2, 0.25) is 0 Å². The van der Waals surface area contributed by atoms with Gasteiger partial charge in [0.05, 0.1) is 0 Å². The largest absolute Gasteiger partial charge is 0.508 e. The molecule has 5 rings (SSSR count). The summed E-state index contributed by atoms with van der Waals surface area (Å²) >= 11 is 5.98. The number of aromatic nitrogens is 1. The number of hydrogen-bond donors (Lipinski definition) is 1. The Kier molecular flexibility index (Phi) is 5.62. The molecule has 0 bridgehead atoms. The molecule has 0 unspecified atom stereocenters. The molecule has 4 aromatic rings. The van der Waals surface area contributed by atoms with Crippen LogP contribution in [0.1, 0.15) is 41.6 Å². The lowest BCUT2D eigenvalue weighted by Gasteiger charge is -2.12. The third kappa shape index (κ3) is 4.23. The summed E-state index contributed by atoms with van der Waals surface area (Å²) in [5.41, 5.74) is 2.22. The van der Waals surface area contributed by atoms with E-state index in [0.717, 1.165) is 17.4 Å². The Morgan fingerprint density at radius 2 is 1.66 bits per heavy atom. The summed E-state index contributed by atoms with van der Waals surface area (Å²) in [4.78, 5) is 13.4. The Hall–Kier alpha value is -3.24. The zero-order valence-electron chi connectivity index (χ0n) is 17.6. The van der Waals surface area contributed by atoms with Gasteiger partial charge in [-0.05, 0) is 85.5 Å². The van der Waals surface area contributed by atoms with Crippen molar-refractivity contribution in [3.8, 4) is 17.2 Å². The SMILES string of the molecule is O=C(c1ccc(O)cc1)c1cn(CC2CCCC2)c2ccc(Oc3ccc(Cl)cc3)cc12. The van der Waals surface area contributed by atoms with Crippen molar-refractivity contribution in [3.05, 3.63) is 89.1 Å². The average molecular weight is 446 g/mol. The maximum Gasteiger partial charge on any atom is 0.195 e. The topological polar surface area (TPSA) is 51.5 Å². The summed E-state index contributed by atoms with van der Waals surface area (Å²) in [6.45, 7) is 0.913. The molecule has 0 spiro atoms. The van der Waals surface area contributed by atoms with Crippen LogP contribution >= 0.6 is 11.6 Å². The quantitative estimate of drug-likeness (QED) is 0.319. The van der Waals surface area contributed by atoms with Crippen LogP contribution in [0.3, 0.4) is 0 Å². The number of hydrogen-bond acceptors (Lipinski definition) is 3. The first kappa shape index (κ1) is 20.7. The fourth-order valence-electron chi connectivity index (χ4n) is 4.55. The summed E-state index contributed by atoms with van der Waals surface area (Å²) in [5.74, 6) is 2.07. The predicted molar refractivity (Wildman–Crippen MR) is 127 cm³/mol. The van der Waals surface area contributed by atoms with Crippen molar-refractivity contribution in [1.29, 1.82) is 0 Å². The van der Waals surface area contributed by atoms with Gasteiger partial charge in [-0.1, -0.05) is 24.4 Å².